The molecule has 8 atom stereocenters. The number of rotatable bonds is 6. The van der Waals surface area contributed by atoms with Crippen molar-refractivity contribution in [1.82, 2.24) is 0 Å². The molecule has 195 valence electrons. The molecule has 10 nitrogen and oxygen atoms in total. The van der Waals surface area contributed by atoms with E-state index in [1.165, 1.54) is 0 Å². The quantitative estimate of drug-likeness (QED) is 0.307. The van der Waals surface area contributed by atoms with E-state index < -0.39 is 39.1 Å². The van der Waals surface area contributed by atoms with Crippen molar-refractivity contribution in [3.63, 3.8) is 0 Å². The van der Waals surface area contributed by atoms with E-state index in [0.717, 1.165) is 6.42 Å². The smallest absolute Gasteiger partial charge is 0.390 e. The number of hydrogen-bond donors (Lipinski definition) is 4. The molecule has 0 aromatic carbocycles. The third-order valence-electron chi connectivity index (χ3n) is 6.01. The summed E-state index contributed by atoms with van der Waals surface area (Å²) < 4.78 is 43.5. The molecule has 2 saturated carbocycles. The van der Waals surface area contributed by atoms with Crippen LogP contribution in [-0.2, 0) is 27.7 Å². The SMILES string of the molecule is C.C[C@@H]1C[C@H](COP(=O)(O)O)C(O)C1O.C[C@@H]1C[C@H](COP(C)(C)=O)C2OC(C)(C)OC21.[B]. The van der Waals surface area contributed by atoms with E-state index in [1.807, 2.05) is 13.8 Å². The first-order valence-corrected chi connectivity index (χ1v) is 14.7. The monoisotopic (exact) mass is 515 g/mol. The van der Waals surface area contributed by atoms with E-state index in [9.17, 15) is 19.3 Å². The van der Waals surface area contributed by atoms with E-state index in [0.29, 0.717) is 24.9 Å². The molecule has 3 aliphatic rings. The van der Waals surface area contributed by atoms with Gasteiger partial charge in [-0.1, -0.05) is 21.3 Å². The largest absolute Gasteiger partial charge is 0.469 e. The lowest BCUT2D eigenvalue weighted by atomic mass is 10.1. The topological polar surface area (TPSA) is 152 Å². The molecule has 0 aromatic rings. The highest BCUT2D eigenvalue weighted by molar-refractivity contribution is 7.57. The Morgan fingerprint density at radius 3 is 1.82 bits per heavy atom. The second kappa shape index (κ2) is 12.4. The van der Waals surface area contributed by atoms with Crippen molar-refractivity contribution in [1.29, 1.82) is 0 Å². The Labute approximate surface area is 200 Å². The minimum absolute atomic E-state index is 0. The average molecular weight is 515 g/mol. The molecule has 0 aromatic heterocycles. The summed E-state index contributed by atoms with van der Waals surface area (Å²) in [5, 5.41) is 18.8. The molecule has 3 radical (unpaired) electrons. The standard InChI is InChI=1S/C12H23O4P.C7H15O6P.CH4.B/c1-8-6-9(7-14-17(4,5)13)11-10(8)15-12(2,3)16-11;1-4-2-5(7(9)6(4)8)3-13-14(10,11)12;;/h8-11H,6-7H2,1-5H3;4-9H,2-3H2,1H3,(H2,10,11,12);1H4;/t8-,9-,10?,11?;4-,5-,6?,7?;;/m11../s1. The summed E-state index contributed by atoms with van der Waals surface area (Å²) in [6, 6.07) is 0. The van der Waals surface area contributed by atoms with Crippen molar-refractivity contribution in [2.75, 3.05) is 26.5 Å². The Balaban J connectivity index is 0.000000596. The van der Waals surface area contributed by atoms with E-state index in [-0.39, 0.29) is 40.6 Å². The van der Waals surface area contributed by atoms with Gasteiger partial charge < -0.3 is 34.0 Å². The highest BCUT2D eigenvalue weighted by atomic mass is 31.2. The fourth-order valence-electron chi connectivity index (χ4n) is 4.54. The average Bonchev–Trinajstić information content (AvgIpc) is 3.16. The molecular formula is C20H42BO10P2. The van der Waals surface area contributed by atoms with Crippen LogP contribution in [0, 0.1) is 23.7 Å². The number of aliphatic hydroxyl groups excluding tert-OH is 2. The lowest BCUT2D eigenvalue weighted by Crippen LogP contribution is -2.29. The zero-order chi connectivity index (χ0) is 23.8. The molecule has 1 aliphatic heterocycles. The summed E-state index contributed by atoms with van der Waals surface area (Å²) in [4.78, 5) is 16.9. The van der Waals surface area contributed by atoms with Gasteiger partial charge in [0, 0.05) is 33.6 Å². The van der Waals surface area contributed by atoms with Gasteiger partial charge in [-0.15, -0.1) is 0 Å². The highest BCUT2D eigenvalue weighted by Crippen LogP contribution is 2.47. The van der Waals surface area contributed by atoms with Crippen molar-refractivity contribution < 1.29 is 47.7 Å². The van der Waals surface area contributed by atoms with Gasteiger partial charge in [0.2, 0.25) is 0 Å². The van der Waals surface area contributed by atoms with Gasteiger partial charge in [0.25, 0.3) is 0 Å². The molecule has 3 rings (SSSR count). The van der Waals surface area contributed by atoms with Crippen LogP contribution in [0.3, 0.4) is 0 Å². The van der Waals surface area contributed by atoms with Crippen LogP contribution >= 0.6 is 15.2 Å². The molecule has 33 heavy (non-hydrogen) atoms. The normalized spacial score (nSPS) is 37.4. The third-order valence-corrected chi connectivity index (χ3v) is 7.27. The number of aliphatic hydroxyl groups is 2. The van der Waals surface area contributed by atoms with E-state index in [4.69, 9.17) is 23.8 Å². The molecule has 13 heteroatoms. The van der Waals surface area contributed by atoms with Gasteiger partial charge >= 0.3 is 7.82 Å². The maximum Gasteiger partial charge on any atom is 0.469 e. The van der Waals surface area contributed by atoms with Crippen LogP contribution in [0.1, 0.15) is 48.0 Å². The maximum atomic E-state index is 11.6. The molecule has 0 bridgehead atoms. The molecule has 4 unspecified atom stereocenters. The Kier molecular flexibility index (Phi) is 12.5. The molecule has 4 N–H and O–H groups in total. The van der Waals surface area contributed by atoms with Crippen LogP contribution in [0.25, 0.3) is 0 Å². The second-order valence-electron chi connectivity index (χ2n) is 9.83. The van der Waals surface area contributed by atoms with Gasteiger partial charge in [-0.2, -0.15) is 0 Å². The van der Waals surface area contributed by atoms with Gasteiger partial charge in [-0.3, -0.25) is 9.09 Å². The molecule has 0 spiro atoms. The Morgan fingerprint density at radius 1 is 0.879 bits per heavy atom. The summed E-state index contributed by atoms with van der Waals surface area (Å²) in [6.45, 7) is 11.4. The number of hydrogen-bond acceptors (Lipinski definition) is 8. The first-order valence-electron chi connectivity index (χ1n) is 10.6. The predicted octanol–water partition coefficient (Wildman–Crippen LogP) is 2.45. The van der Waals surface area contributed by atoms with E-state index in [2.05, 4.69) is 11.4 Å². The summed E-state index contributed by atoms with van der Waals surface area (Å²) in [5.41, 5.74) is 0. The first kappa shape index (κ1) is 33.2. The van der Waals surface area contributed by atoms with Crippen LogP contribution in [0.15, 0.2) is 0 Å². The van der Waals surface area contributed by atoms with Crippen molar-refractivity contribution in [3.05, 3.63) is 0 Å². The van der Waals surface area contributed by atoms with Crippen LogP contribution in [-0.4, -0.2) is 85.2 Å². The van der Waals surface area contributed by atoms with Gasteiger partial charge in [0.1, 0.15) is 0 Å². The predicted molar refractivity (Wildman–Crippen MR) is 126 cm³/mol. The fourth-order valence-corrected chi connectivity index (χ4v) is 5.47. The molecule has 1 saturated heterocycles. The van der Waals surface area contributed by atoms with Crippen LogP contribution < -0.4 is 0 Å². The lowest BCUT2D eigenvalue weighted by Gasteiger charge is -2.23. The number of phosphoric ester groups is 1. The molecule has 2 aliphatic carbocycles. The van der Waals surface area contributed by atoms with Crippen LogP contribution in [0.5, 0.6) is 0 Å². The highest BCUT2D eigenvalue weighted by Gasteiger charge is 2.52. The van der Waals surface area contributed by atoms with E-state index >= 15 is 0 Å². The summed E-state index contributed by atoms with van der Waals surface area (Å²) >= 11 is 0. The zero-order valence-electron chi connectivity index (χ0n) is 19.7. The Bertz CT molecular complexity index is 696. The number of ether oxygens (including phenoxy) is 2. The van der Waals surface area contributed by atoms with Gasteiger partial charge in [-0.25, -0.2) is 4.57 Å². The van der Waals surface area contributed by atoms with Gasteiger partial charge in [-0.05, 0) is 38.5 Å². The summed E-state index contributed by atoms with van der Waals surface area (Å²) in [6.07, 6.45) is -0.0246. The maximum absolute atomic E-state index is 11.6. The summed E-state index contributed by atoms with van der Waals surface area (Å²) in [7, 11) is -6.88. The van der Waals surface area contributed by atoms with Gasteiger partial charge in [0.15, 0.2) is 13.2 Å². The fraction of sp³-hybridized carbons (Fsp3) is 1.00. The number of fused-ring (bicyclic) bond motifs is 1. The van der Waals surface area contributed by atoms with Crippen LogP contribution in [0.4, 0.5) is 0 Å². The first-order chi connectivity index (χ1) is 14.0. The third kappa shape index (κ3) is 10.0. The Morgan fingerprint density at radius 2 is 1.36 bits per heavy atom. The molecule has 1 heterocycles. The lowest BCUT2D eigenvalue weighted by molar-refractivity contribution is -0.161. The molecular weight excluding hydrogens is 473 g/mol. The summed E-state index contributed by atoms with van der Waals surface area (Å²) in [5.74, 6) is -0.207. The zero-order valence-corrected chi connectivity index (χ0v) is 21.4. The van der Waals surface area contributed by atoms with Crippen molar-refractivity contribution in [2.24, 2.45) is 23.7 Å². The molecule has 0 amide bonds. The minimum atomic E-state index is -4.48. The second-order valence-corrected chi connectivity index (χ2v) is 13.8. The molecule has 3 fully saturated rings. The Hall–Kier alpha value is 0.205. The van der Waals surface area contributed by atoms with Gasteiger partial charge in [0.05, 0.1) is 37.6 Å². The minimum Gasteiger partial charge on any atom is -0.390 e. The van der Waals surface area contributed by atoms with Crippen molar-refractivity contribution >= 4 is 23.6 Å². The van der Waals surface area contributed by atoms with Crippen LogP contribution in [0.2, 0.25) is 0 Å². The van der Waals surface area contributed by atoms with E-state index in [1.54, 1.807) is 20.3 Å². The van der Waals surface area contributed by atoms with Crippen molar-refractivity contribution in [2.45, 2.75) is 78.2 Å². The van der Waals surface area contributed by atoms with Crippen molar-refractivity contribution in [3.8, 4) is 0 Å². The number of phosphoric acid groups is 1.